The van der Waals surface area contributed by atoms with Gasteiger partial charge in [0.25, 0.3) is 5.91 Å². The molecule has 0 saturated carbocycles. The number of aryl methyl sites for hydroxylation is 2. The number of sulfonamides is 1. The molecule has 0 atom stereocenters. The SMILES string of the molecule is Cc1ccc(C)c(NC(=O)CSc2nnc(NC(=O)c3ccc(S(=O)(=O)N4CCCC4)cc3)s2)c1. The number of anilines is 2. The zero-order valence-electron chi connectivity index (χ0n) is 19.3. The summed E-state index contributed by atoms with van der Waals surface area (Å²) in [6.07, 6.45) is 1.72. The van der Waals surface area contributed by atoms with Crippen LogP contribution in [0.4, 0.5) is 10.8 Å². The molecule has 0 spiro atoms. The Morgan fingerprint density at radius 3 is 2.46 bits per heavy atom. The number of rotatable bonds is 8. The Bertz CT molecular complexity index is 1330. The van der Waals surface area contributed by atoms with Gasteiger partial charge in [0, 0.05) is 24.3 Å². The third kappa shape index (κ3) is 6.26. The second-order valence-corrected chi connectivity index (χ2v) is 12.3. The molecule has 9 nitrogen and oxygen atoms in total. The van der Waals surface area contributed by atoms with Gasteiger partial charge in [-0.25, -0.2) is 8.42 Å². The van der Waals surface area contributed by atoms with Crippen LogP contribution in [-0.4, -0.2) is 53.6 Å². The summed E-state index contributed by atoms with van der Waals surface area (Å²) in [6.45, 7) is 4.94. The van der Waals surface area contributed by atoms with E-state index in [1.807, 2.05) is 32.0 Å². The predicted molar refractivity (Wildman–Crippen MR) is 138 cm³/mol. The minimum absolute atomic E-state index is 0.156. The van der Waals surface area contributed by atoms with Gasteiger partial charge in [-0.05, 0) is 68.1 Å². The van der Waals surface area contributed by atoms with Crippen LogP contribution in [0.15, 0.2) is 51.7 Å². The van der Waals surface area contributed by atoms with Crippen LogP contribution in [0.3, 0.4) is 0 Å². The Balaban J connectivity index is 1.31. The number of hydrogen-bond acceptors (Lipinski definition) is 8. The zero-order valence-corrected chi connectivity index (χ0v) is 21.7. The molecule has 184 valence electrons. The number of nitrogens with one attached hydrogen (secondary N) is 2. The molecule has 2 amide bonds. The summed E-state index contributed by atoms with van der Waals surface area (Å²) >= 11 is 2.39. The number of benzene rings is 2. The highest BCUT2D eigenvalue weighted by Crippen LogP contribution is 2.27. The molecule has 2 N–H and O–H groups in total. The smallest absolute Gasteiger partial charge is 0.257 e. The van der Waals surface area contributed by atoms with Crippen molar-refractivity contribution in [1.82, 2.24) is 14.5 Å². The van der Waals surface area contributed by atoms with E-state index in [0.29, 0.717) is 28.1 Å². The standard InChI is InChI=1S/C23H25N5O4S3/c1-15-5-6-16(2)19(13-15)24-20(29)14-33-23-27-26-22(34-23)25-21(30)17-7-9-18(10-8-17)35(31,32)28-11-3-4-12-28/h5-10,13H,3-4,11-12,14H2,1-2H3,(H,24,29)(H,25,26,30). The summed E-state index contributed by atoms with van der Waals surface area (Å²) in [4.78, 5) is 25.0. The predicted octanol–water partition coefficient (Wildman–Crippen LogP) is 3.92. The molecule has 4 rings (SSSR count). The molecule has 0 aliphatic carbocycles. The minimum atomic E-state index is -3.53. The summed E-state index contributed by atoms with van der Waals surface area (Å²) in [5, 5.41) is 13.8. The maximum absolute atomic E-state index is 12.6. The van der Waals surface area contributed by atoms with Gasteiger partial charge in [0.1, 0.15) is 0 Å². The van der Waals surface area contributed by atoms with Crippen molar-refractivity contribution >= 4 is 55.8 Å². The summed E-state index contributed by atoms with van der Waals surface area (Å²) < 4.78 is 27.3. The summed E-state index contributed by atoms with van der Waals surface area (Å²) in [6, 6.07) is 11.7. The van der Waals surface area contributed by atoms with Crippen molar-refractivity contribution in [2.45, 2.75) is 35.9 Å². The van der Waals surface area contributed by atoms with Crippen LogP contribution in [0.1, 0.15) is 34.3 Å². The van der Waals surface area contributed by atoms with Crippen molar-refractivity contribution in [3.63, 3.8) is 0 Å². The van der Waals surface area contributed by atoms with Gasteiger partial charge in [-0.3, -0.25) is 14.9 Å². The van der Waals surface area contributed by atoms with Crippen molar-refractivity contribution < 1.29 is 18.0 Å². The molecule has 2 heterocycles. The van der Waals surface area contributed by atoms with Gasteiger partial charge in [-0.1, -0.05) is 35.2 Å². The van der Waals surface area contributed by atoms with Gasteiger partial charge >= 0.3 is 0 Å². The van der Waals surface area contributed by atoms with Crippen LogP contribution < -0.4 is 10.6 Å². The van der Waals surface area contributed by atoms with Crippen molar-refractivity contribution in [1.29, 1.82) is 0 Å². The fourth-order valence-corrected chi connectivity index (χ4v) is 6.59. The van der Waals surface area contributed by atoms with E-state index >= 15 is 0 Å². The number of carbonyl (C=O) groups excluding carboxylic acids is 2. The molecule has 35 heavy (non-hydrogen) atoms. The fourth-order valence-electron chi connectivity index (χ4n) is 3.53. The normalized spacial score (nSPS) is 14.1. The van der Waals surface area contributed by atoms with Gasteiger partial charge in [0.2, 0.25) is 21.1 Å². The largest absolute Gasteiger partial charge is 0.325 e. The zero-order chi connectivity index (χ0) is 25.0. The topological polar surface area (TPSA) is 121 Å². The monoisotopic (exact) mass is 531 g/mol. The van der Waals surface area contributed by atoms with Crippen molar-refractivity contribution in [2.24, 2.45) is 0 Å². The first-order valence-electron chi connectivity index (χ1n) is 11.0. The Hall–Kier alpha value is -2.80. The maximum atomic E-state index is 12.6. The lowest BCUT2D eigenvalue weighted by Crippen LogP contribution is -2.27. The number of carbonyl (C=O) groups is 2. The van der Waals surface area contributed by atoms with Crippen LogP contribution in [0, 0.1) is 13.8 Å². The van der Waals surface area contributed by atoms with Gasteiger partial charge in [-0.2, -0.15) is 4.31 Å². The van der Waals surface area contributed by atoms with E-state index in [2.05, 4.69) is 20.8 Å². The van der Waals surface area contributed by atoms with Gasteiger partial charge in [0.05, 0.1) is 10.6 Å². The minimum Gasteiger partial charge on any atom is -0.325 e. The molecule has 1 saturated heterocycles. The van der Waals surface area contributed by atoms with Crippen LogP contribution in [-0.2, 0) is 14.8 Å². The molecule has 3 aromatic rings. The first kappa shape index (κ1) is 25.3. The first-order valence-corrected chi connectivity index (χ1v) is 14.2. The number of amides is 2. The van der Waals surface area contributed by atoms with Crippen molar-refractivity contribution in [3.8, 4) is 0 Å². The Morgan fingerprint density at radius 1 is 1.03 bits per heavy atom. The number of hydrogen-bond donors (Lipinski definition) is 2. The Kier molecular flexibility index (Phi) is 7.85. The average Bonchev–Trinajstić information content (AvgIpc) is 3.53. The van der Waals surface area contributed by atoms with Crippen LogP contribution in [0.5, 0.6) is 0 Å². The molecule has 1 aliphatic heterocycles. The summed E-state index contributed by atoms with van der Waals surface area (Å²) in [5.74, 6) is -0.424. The highest BCUT2D eigenvalue weighted by Gasteiger charge is 2.27. The quantitative estimate of drug-likeness (QED) is 0.334. The molecular weight excluding hydrogens is 506 g/mol. The van der Waals surface area contributed by atoms with E-state index in [0.717, 1.165) is 41.0 Å². The fraction of sp³-hybridized carbons (Fsp3) is 0.304. The van der Waals surface area contributed by atoms with Crippen molar-refractivity contribution in [2.75, 3.05) is 29.5 Å². The van der Waals surface area contributed by atoms with Gasteiger partial charge in [-0.15, -0.1) is 10.2 Å². The van der Waals surface area contributed by atoms with Gasteiger partial charge in [0.15, 0.2) is 4.34 Å². The van der Waals surface area contributed by atoms with Crippen molar-refractivity contribution in [3.05, 3.63) is 59.2 Å². The molecule has 0 unspecified atom stereocenters. The van der Waals surface area contributed by atoms with E-state index in [-0.39, 0.29) is 16.6 Å². The summed E-state index contributed by atoms with van der Waals surface area (Å²) in [7, 11) is -3.53. The third-order valence-corrected chi connectivity index (χ3v) is 9.33. The van der Waals surface area contributed by atoms with E-state index < -0.39 is 15.9 Å². The Labute approximate surface area is 212 Å². The number of thioether (sulfide) groups is 1. The van der Waals surface area contributed by atoms with E-state index in [4.69, 9.17) is 0 Å². The van der Waals surface area contributed by atoms with E-state index in [1.165, 1.54) is 40.3 Å². The number of aromatic nitrogens is 2. The molecule has 2 aromatic carbocycles. The molecule has 0 radical (unpaired) electrons. The average molecular weight is 532 g/mol. The lowest BCUT2D eigenvalue weighted by Gasteiger charge is -2.15. The molecule has 1 aromatic heterocycles. The lowest BCUT2D eigenvalue weighted by atomic mass is 10.1. The highest BCUT2D eigenvalue weighted by atomic mass is 32.2. The molecule has 12 heteroatoms. The van der Waals surface area contributed by atoms with Crippen LogP contribution in [0.2, 0.25) is 0 Å². The van der Waals surface area contributed by atoms with E-state index in [9.17, 15) is 18.0 Å². The summed E-state index contributed by atoms with van der Waals surface area (Å²) in [5.41, 5.74) is 3.13. The first-order chi connectivity index (χ1) is 16.7. The molecule has 1 fully saturated rings. The molecule has 1 aliphatic rings. The number of nitrogens with zero attached hydrogens (tertiary/aromatic N) is 3. The third-order valence-electron chi connectivity index (χ3n) is 5.44. The highest BCUT2D eigenvalue weighted by molar-refractivity contribution is 8.01. The van der Waals surface area contributed by atoms with Gasteiger partial charge < -0.3 is 5.32 Å². The Morgan fingerprint density at radius 2 is 1.74 bits per heavy atom. The molecule has 0 bridgehead atoms. The molecular formula is C23H25N5O4S3. The van der Waals surface area contributed by atoms with E-state index in [1.54, 1.807) is 0 Å². The second kappa shape index (κ2) is 10.9. The van der Waals surface area contributed by atoms with Crippen LogP contribution >= 0.6 is 23.1 Å². The maximum Gasteiger partial charge on any atom is 0.257 e. The van der Waals surface area contributed by atoms with Crippen LogP contribution in [0.25, 0.3) is 0 Å². The lowest BCUT2D eigenvalue weighted by molar-refractivity contribution is -0.113. The second-order valence-electron chi connectivity index (χ2n) is 8.12.